The number of carbonyl (C=O) groups excluding carboxylic acids is 1. The molecule has 1 heterocycles. The van der Waals surface area contributed by atoms with Crippen molar-refractivity contribution >= 4 is 11.9 Å². The van der Waals surface area contributed by atoms with Crippen LogP contribution < -0.4 is 5.32 Å². The monoisotopic (exact) mass is 214 g/mol. The summed E-state index contributed by atoms with van der Waals surface area (Å²) in [6.45, 7) is 4.94. The minimum absolute atomic E-state index is 0.0172. The minimum Gasteiger partial charge on any atom is -0.481 e. The molecular weight excluding hydrogens is 196 g/mol. The molecule has 1 amide bonds. The predicted octanol–water partition coefficient (Wildman–Crippen LogP) is -0.227. The number of amides is 1. The van der Waals surface area contributed by atoms with E-state index in [2.05, 4.69) is 5.32 Å². The van der Waals surface area contributed by atoms with Gasteiger partial charge in [-0.05, 0) is 12.8 Å². The molecule has 1 aliphatic rings. The molecule has 5 nitrogen and oxygen atoms in total. The van der Waals surface area contributed by atoms with Gasteiger partial charge in [-0.15, -0.1) is 0 Å². The lowest BCUT2D eigenvalue weighted by atomic mass is 9.86. The number of rotatable bonds is 4. The lowest BCUT2D eigenvalue weighted by Crippen LogP contribution is -2.58. The first-order valence-electron chi connectivity index (χ1n) is 5.15. The zero-order valence-electron chi connectivity index (χ0n) is 9.36. The number of likely N-dealkylation sites (N-methyl/N-ethyl adjacent to an activating group) is 1. The molecule has 0 radical (unpaired) electrons. The Morgan fingerprint density at radius 2 is 1.93 bits per heavy atom. The van der Waals surface area contributed by atoms with Crippen LogP contribution in [0.2, 0.25) is 0 Å². The van der Waals surface area contributed by atoms with Crippen LogP contribution >= 0.6 is 0 Å². The van der Waals surface area contributed by atoms with Crippen molar-refractivity contribution in [3.63, 3.8) is 0 Å². The van der Waals surface area contributed by atoms with Gasteiger partial charge in [-0.1, -0.05) is 6.92 Å². The van der Waals surface area contributed by atoms with Gasteiger partial charge >= 0.3 is 5.97 Å². The Balaban J connectivity index is 2.37. The summed E-state index contributed by atoms with van der Waals surface area (Å²) in [5.41, 5.74) is 0. The van der Waals surface area contributed by atoms with Gasteiger partial charge in [-0.2, -0.15) is 0 Å². The Kier molecular flexibility index (Phi) is 3.68. The van der Waals surface area contributed by atoms with Gasteiger partial charge in [-0.3, -0.25) is 14.5 Å². The Labute approximate surface area is 89.4 Å². The van der Waals surface area contributed by atoms with Crippen LogP contribution in [0.3, 0.4) is 0 Å². The van der Waals surface area contributed by atoms with E-state index in [0.29, 0.717) is 13.1 Å². The highest BCUT2D eigenvalue weighted by atomic mass is 16.4. The standard InChI is InChI=1S/C10H18N2O3/c1-6(10(14)15)8-4-12(5-8)7(2)9(13)11-3/h6-8H,4-5H2,1-3H3,(H,11,13)(H,14,15). The molecule has 1 rings (SSSR count). The van der Waals surface area contributed by atoms with Crippen molar-refractivity contribution in [1.29, 1.82) is 0 Å². The summed E-state index contributed by atoms with van der Waals surface area (Å²) in [5, 5.41) is 11.4. The van der Waals surface area contributed by atoms with Crippen molar-refractivity contribution in [2.75, 3.05) is 20.1 Å². The molecule has 1 aliphatic heterocycles. The average Bonchev–Trinajstić information content (AvgIpc) is 2.13. The van der Waals surface area contributed by atoms with E-state index >= 15 is 0 Å². The van der Waals surface area contributed by atoms with E-state index < -0.39 is 5.97 Å². The summed E-state index contributed by atoms with van der Waals surface area (Å²) in [7, 11) is 1.61. The minimum atomic E-state index is -0.757. The van der Waals surface area contributed by atoms with E-state index in [-0.39, 0.29) is 23.8 Å². The molecule has 0 bridgehead atoms. The maximum atomic E-state index is 11.3. The Bertz CT molecular complexity index is 261. The number of carboxylic acid groups (broad SMARTS) is 1. The highest BCUT2D eigenvalue weighted by molar-refractivity contribution is 5.81. The Hall–Kier alpha value is -1.10. The average molecular weight is 214 g/mol. The number of aliphatic carboxylic acids is 1. The fourth-order valence-electron chi connectivity index (χ4n) is 1.76. The number of carboxylic acids is 1. The van der Waals surface area contributed by atoms with Crippen LogP contribution in [0.1, 0.15) is 13.8 Å². The van der Waals surface area contributed by atoms with E-state index in [4.69, 9.17) is 5.11 Å². The van der Waals surface area contributed by atoms with Crippen molar-refractivity contribution in [3.8, 4) is 0 Å². The predicted molar refractivity (Wildman–Crippen MR) is 55.4 cm³/mol. The lowest BCUT2D eigenvalue weighted by molar-refractivity contribution is -0.146. The van der Waals surface area contributed by atoms with E-state index in [0.717, 1.165) is 0 Å². The van der Waals surface area contributed by atoms with Crippen LogP contribution in [0.25, 0.3) is 0 Å². The molecule has 2 atom stereocenters. The van der Waals surface area contributed by atoms with E-state index in [1.165, 1.54) is 0 Å². The third kappa shape index (κ3) is 2.47. The van der Waals surface area contributed by atoms with Gasteiger partial charge in [0.1, 0.15) is 0 Å². The molecule has 5 heteroatoms. The topological polar surface area (TPSA) is 69.6 Å². The summed E-state index contributed by atoms with van der Waals surface area (Å²) in [6.07, 6.45) is 0. The van der Waals surface area contributed by atoms with Crippen molar-refractivity contribution in [3.05, 3.63) is 0 Å². The highest BCUT2D eigenvalue weighted by Crippen LogP contribution is 2.25. The fourth-order valence-corrected chi connectivity index (χ4v) is 1.76. The number of hydrogen-bond acceptors (Lipinski definition) is 3. The van der Waals surface area contributed by atoms with Gasteiger partial charge in [-0.25, -0.2) is 0 Å². The number of carbonyl (C=O) groups is 2. The molecule has 86 valence electrons. The molecule has 2 N–H and O–H groups in total. The Morgan fingerprint density at radius 3 is 2.33 bits per heavy atom. The molecule has 2 unspecified atom stereocenters. The summed E-state index contributed by atoms with van der Waals surface area (Å²) >= 11 is 0. The molecule has 0 aromatic carbocycles. The molecule has 0 aliphatic carbocycles. The van der Waals surface area contributed by atoms with Crippen LogP contribution in [-0.2, 0) is 9.59 Å². The maximum Gasteiger partial charge on any atom is 0.306 e. The lowest BCUT2D eigenvalue weighted by Gasteiger charge is -2.44. The van der Waals surface area contributed by atoms with Crippen LogP contribution in [0.5, 0.6) is 0 Å². The van der Waals surface area contributed by atoms with Crippen molar-refractivity contribution < 1.29 is 14.7 Å². The molecule has 15 heavy (non-hydrogen) atoms. The van der Waals surface area contributed by atoms with Crippen molar-refractivity contribution in [2.24, 2.45) is 11.8 Å². The molecule has 0 aromatic rings. The van der Waals surface area contributed by atoms with Crippen LogP contribution in [0.4, 0.5) is 0 Å². The second kappa shape index (κ2) is 4.61. The third-order valence-electron chi connectivity index (χ3n) is 3.21. The van der Waals surface area contributed by atoms with Gasteiger partial charge < -0.3 is 10.4 Å². The molecule has 1 fully saturated rings. The molecule has 0 spiro atoms. The molecule has 0 aromatic heterocycles. The normalized spacial score (nSPS) is 21.5. The highest BCUT2D eigenvalue weighted by Gasteiger charge is 2.38. The number of nitrogens with zero attached hydrogens (tertiary/aromatic N) is 1. The molecular formula is C10H18N2O3. The zero-order valence-corrected chi connectivity index (χ0v) is 9.36. The van der Waals surface area contributed by atoms with E-state index in [1.54, 1.807) is 14.0 Å². The maximum absolute atomic E-state index is 11.3. The summed E-state index contributed by atoms with van der Waals surface area (Å²) in [5.74, 6) is -0.920. The van der Waals surface area contributed by atoms with Gasteiger partial charge in [0.2, 0.25) is 5.91 Å². The second-order valence-electron chi connectivity index (χ2n) is 4.13. The third-order valence-corrected chi connectivity index (χ3v) is 3.21. The first-order chi connectivity index (χ1) is 6.97. The quantitative estimate of drug-likeness (QED) is 0.678. The van der Waals surface area contributed by atoms with E-state index in [9.17, 15) is 9.59 Å². The van der Waals surface area contributed by atoms with Crippen molar-refractivity contribution in [1.82, 2.24) is 10.2 Å². The van der Waals surface area contributed by atoms with Crippen LogP contribution in [-0.4, -0.2) is 48.1 Å². The first-order valence-corrected chi connectivity index (χ1v) is 5.15. The number of nitrogens with one attached hydrogen (secondary N) is 1. The number of hydrogen-bond donors (Lipinski definition) is 2. The van der Waals surface area contributed by atoms with Gasteiger partial charge in [0.25, 0.3) is 0 Å². The van der Waals surface area contributed by atoms with Gasteiger partial charge in [0.15, 0.2) is 0 Å². The zero-order chi connectivity index (χ0) is 11.6. The Morgan fingerprint density at radius 1 is 1.40 bits per heavy atom. The number of likely N-dealkylation sites (tertiary alicyclic amines) is 1. The summed E-state index contributed by atoms with van der Waals surface area (Å²) in [6, 6.07) is -0.160. The molecule has 0 saturated carbocycles. The van der Waals surface area contributed by atoms with E-state index in [1.807, 2.05) is 11.8 Å². The summed E-state index contributed by atoms with van der Waals surface area (Å²) < 4.78 is 0. The summed E-state index contributed by atoms with van der Waals surface area (Å²) in [4.78, 5) is 24.0. The van der Waals surface area contributed by atoms with Crippen LogP contribution in [0.15, 0.2) is 0 Å². The van der Waals surface area contributed by atoms with Crippen LogP contribution in [0, 0.1) is 11.8 Å². The second-order valence-corrected chi connectivity index (χ2v) is 4.13. The first kappa shape index (κ1) is 12.0. The fraction of sp³-hybridized carbons (Fsp3) is 0.800. The van der Waals surface area contributed by atoms with Gasteiger partial charge in [0.05, 0.1) is 12.0 Å². The van der Waals surface area contributed by atoms with Gasteiger partial charge in [0, 0.05) is 20.1 Å². The largest absolute Gasteiger partial charge is 0.481 e. The smallest absolute Gasteiger partial charge is 0.306 e. The van der Waals surface area contributed by atoms with Crippen molar-refractivity contribution in [2.45, 2.75) is 19.9 Å². The molecule has 1 saturated heterocycles. The SMILES string of the molecule is CNC(=O)C(C)N1CC(C(C)C(=O)O)C1.